The summed E-state index contributed by atoms with van der Waals surface area (Å²) in [5.41, 5.74) is 9.01. The molecule has 2 amide bonds. The molecule has 146 valence electrons. The number of carbonyl (C=O) groups is 1. The van der Waals surface area contributed by atoms with Crippen LogP contribution < -0.4 is 16.4 Å². The number of nitrogens with zero attached hydrogens (tertiary/aromatic N) is 4. The van der Waals surface area contributed by atoms with Crippen LogP contribution in [0.1, 0.15) is 37.6 Å². The first-order valence-electron chi connectivity index (χ1n) is 9.02. The maximum Gasteiger partial charge on any atom is 0.320 e. The van der Waals surface area contributed by atoms with E-state index in [0.29, 0.717) is 17.2 Å². The van der Waals surface area contributed by atoms with Crippen molar-refractivity contribution in [3.63, 3.8) is 0 Å². The van der Waals surface area contributed by atoms with Crippen molar-refractivity contribution in [1.82, 2.24) is 25.1 Å². The van der Waals surface area contributed by atoms with Gasteiger partial charge in [-0.2, -0.15) is 5.10 Å². The van der Waals surface area contributed by atoms with Crippen molar-refractivity contribution >= 4 is 17.7 Å². The number of aromatic nitrogens is 4. The first-order valence-corrected chi connectivity index (χ1v) is 9.02. The highest BCUT2D eigenvalue weighted by molar-refractivity contribution is 5.89. The molecule has 28 heavy (non-hydrogen) atoms. The van der Waals surface area contributed by atoms with Crippen molar-refractivity contribution in [2.45, 2.75) is 39.7 Å². The third-order valence-electron chi connectivity index (χ3n) is 4.33. The Hall–Kier alpha value is -3.42. The number of para-hydroxylation sites is 1. The van der Waals surface area contributed by atoms with E-state index in [1.807, 2.05) is 37.3 Å². The van der Waals surface area contributed by atoms with Crippen LogP contribution in [-0.4, -0.2) is 25.8 Å². The Labute approximate surface area is 164 Å². The van der Waals surface area contributed by atoms with Crippen molar-refractivity contribution in [3.8, 4) is 5.69 Å². The molecule has 0 aliphatic rings. The van der Waals surface area contributed by atoms with E-state index >= 15 is 0 Å². The third kappa shape index (κ3) is 4.11. The number of amides is 2. The Morgan fingerprint density at radius 2 is 1.93 bits per heavy atom. The lowest BCUT2D eigenvalue weighted by molar-refractivity contribution is 0.251. The van der Waals surface area contributed by atoms with Crippen LogP contribution in [0.5, 0.6) is 0 Å². The minimum Gasteiger partial charge on any atom is -0.383 e. The van der Waals surface area contributed by atoms with Crippen LogP contribution in [0.2, 0.25) is 0 Å². The molecule has 4 N–H and O–H groups in total. The van der Waals surface area contributed by atoms with Crippen LogP contribution in [0, 0.1) is 6.92 Å². The number of anilines is 2. The molecule has 0 bridgehead atoms. The van der Waals surface area contributed by atoms with E-state index in [1.165, 1.54) is 6.33 Å². The van der Waals surface area contributed by atoms with Gasteiger partial charge in [-0.05, 0) is 19.1 Å². The Bertz CT molecular complexity index is 974. The van der Waals surface area contributed by atoms with Crippen molar-refractivity contribution in [1.29, 1.82) is 0 Å². The van der Waals surface area contributed by atoms with E-state index in [1.54, 1.807) is 10.9 Å². The number of hydrogen-bond acceptors (Lipinski definition) is 5. The predicted molar refractivity (Wildman–Crippen MR) is 109 cm³/mol. The number of rotatable bonds is 4. The number of nitrogens with two attached hydrogens (primary N) is 1. The molecule has 0 fully saturated rings. The van der Waals surface area contributed by atoms with Crippen LogP contribution in [0.15, 0.2) is 42.9 Å². The molecule has 2 aromatic heterocycles. The molecule has 8 nitrogen and oxygen atoms in total. The van der Waals surface area contributed by atoms with Gasteiger partial charge in [-0.15, -0.1) is 0 Å². The van der Waals surface area contributed by atoms with Crippen LogP contribution in [0.4, 0.5) is 16.4 Å². The molecule has 2 heterocycles. The van der Waals surface area contributed by atoms with E-state index in [-0.39, 0.29) is 18.0 Å². The normalized spacial score (nSPS) is 11.3. The van der Waals surface area contributed by atoms with Crippen LogP contribution in [-0.2, 0) is 12.0 Å². The number of nitrogen functional groups attached to an aromatic ring is 1. The first kappa shape index (κ1) is 19.3. The monoisotopic (exact) mass is 379 g/mol. The van der Waals surface area contributed by atoms with Gasteiger partial charge in [0, 0.05) is 29.3 Å². The zero-order valence-corrected chi connectivity index (χ0v) is 16.5. The van der Waals surface area contributed by atoms with Gasteiger partial charge in [-0.1, -0.05) is 39.0 Å². The van der Waals surface area contributed by atoms with Crippen LogP contribution >= 0.6 is 0 Å². The van der Waals surface area contributed by atoms with E-state index in [9.17, 15) is 4.79 Å². The maximum absolute atomic E-state index is 12.5. The third-order valence-corrected chi connectivity index (χ3v) is 4.33. The molecule has 0 saturated carbocycles. The molecule has 0 aliphatic carbocycles. The van der Waals surface area contributed by atoms with E-state index in [4.69, 9.17) is 10.8 Å². The second-order valence-electron chi connectivity index (χ2n) is 7.56. The summed E-state index contributed by atoms with van der Waals surface area (Å²) >= 11 is 0. The van der Waals surface area contributed by atoms with E-state index in [2.05, 4.69) is 41.4 Å². The summed E-state index contributed by atoms with van der Waals surface area (Å²) in [6.07, 6.45) is 2.95. The molecule has 0 saturated heterocycles. The molecule has 0 unspecified atom stereocenters. The lowest BCUT2D eigenvalue weighted by atomic mass is 9.90. The minimum atomic E-state index is -0.358. The molecule has 0 spiro atoms. The molecule has 0 atom stereocenters. The number of carbonyl (C=O) groups excluding carboxylic acids is 1. The second kappa shape index (κ2) is 7.67. The summed E-state index contributed by atoms with van der Waals surface area (Å²) < 4.78 is 1.76. The fourth-order valence-corrected chi connectivity index (χ4v) is 2.94. The van der Waals surface area contributed by atoms with Gasteiger partial charge in [-0.3, -0.25) is 5.32 Å². The lowest BCUT2D eigenvalue weighted by Crippen LogP contribution is -2.30. The van der Waals surface area contributed by atoms with E-state index < -0.39 is 0 Å². The second-order valence-corrected chi connectivity index (χ2v) is 7.56. The highest BCUT2D eigenvalue weighted by Gasteiger charge is 2.25. The van der Waals surface area contributed by atoms with Crippen LogP contribution in [0.25, 0.3) is 5.69 Å². The fraction of sp³-hybridized carbons (Fsp3) is 0.300. The van der Waals surface area contributed by atoms with Crippen molar-refractivity contribution in [3.05, 3.63) is 59.7 Å². The van der Waals surface area contributed by atoms with Gasteiger partial charge < -0.3 is 11.1 Å². The van der Waals surface area contributed by atoms with Gasteiger partial charge in [-0.25, -0.2) is 19.4 Å². The summed E-state index contributed by atoms with van der Waals surface area (Å²) in [6, 6.07) is 9.35. The standard InChI is InChI=1S/C20H25N7O/c1-13-16(20(2,3)4)26-27(15-8-6-5-7-9-15)18(13)25-19(28)23-11-14-10-22-12-24-17(14)21/h5-10,12H,11H2,1-4H3,(H2,21,22,24)(H2,23,25,28). The number of benzene rings is 1. The van der Waals surface area contributed by atoms with Gasteiger partial charge >= 0.3 is 6.03 Å². The number of urea groups is 1. The average molecular weight is 379 g/mol. The van der Waals surface area contributed by atoms with Crippen molar-refractivity contribution < 1.29 is 4.79 Å². The van der Waals surface area contributed by atoms with Gasteiger partial charge in [0.1, 0.15) is 18.0 Å². The molecule has 3 aromatic rings. The smallest absolute Gasteiger partial charge is 0.320 e. The van der Waals surface area contributed by atoms with Gasteiger partial charge in [0.2, 0.25) is 0 Å². The Balaban J connectivity index is 1.87. The van der Waals surface area contributed by atoms with Gasteiger partial charge in [0.25, 0.3) is 0 Å². The summed E-state index contributed by atoms with van der Waals surface area (Å²) in [5, 5.41) is 10.5. The highest BCUT2D eigenvalue weighted by atomic mass is 16.2. The quantitative estimate of drug-likeness (QED) is 0.645. The van der Waals surface area contributed by atoms with Gasteiger partial charge in [0.05, 0.1) is 11.4 Å². The Morgan fingerprint density at radius 1 is 1.21 bits per heavy atom. The predicted octanol–water partition coefficient (Wildman–Crippen LogP) is 3.17. The summed E-state index contributed by atoms with van der Waals surface area (Å²) in [6.45, 7) is 8.48. The Kier molecular flexibility index (Phi) is 5.30. The van der Waals surface area contributed by atoms with E-state index in [0.717, 1.165) is 16.9 Å². The van der Waals surface area contributed by atoms with Crippen molar-refractivity contribution in [2.75, 3.05) is 11.1 Å². The SMILES string of the molecule is Cc1c(C(C)(C)C)nn(-c2ccccc2)c1NC(=O)NCc1cncnc1N. The maximum atomic E-state index is 12.5. The summed E-state index contributed by atoms with van der Waals surface area (Å²) in [4.78, 5) is 20.4. The average Bonchev–Trinajstić information content (AvgIpc) is 2.98. The molecule has 1 aromatic carbocycles. The molecule has 0 aliphatic heterocycles. The molecular weight excluding hydrogens is 354 g/mol. The molecule has 3 rings (SSSR count). The first-order chi connectivity index (χ1) is 13.3. The zero-order chi connectivity index (χ0) is 20.3. The topological polar surface area (TPSA) is 111 Å². The fourth-order valence-electron chi connectivity index (χ4n) is 2.94. The van der Waals surface area contributed by atoms with Crippen molar-refractivity contribution in [2.24, 2.45) is 0 Å². The lowest BCUT2D eigenvalue weighted by Gasteiger charge is -2.16. The largest absolute Gasteiger partial charge is 0.383 e. The van der Waals surface area contributed by atoms with Gasteiger partial charge in [0.15, 0.2) is 0 Å². The van der Waals surface area contributed by atoms with Crippen LogP contribution in [0.3, 0.4) is 0 Å². The zero-order valence-electron chi connectivity index (χ0n) is 16.5. The number of hydrogen-bond donors (Lipinski definition) is 3. The number of nitrogens with one attached hydrogen (secondary N) is 2. The minimum absolute atomic E-state index is 0.160. The summed E-state index contributed by atoms with van der Waals surface area (Å²) in [7, 11) is 0. The Morgan fingerprint density at radius 3 is 2.57 bits per heavy atom. The molecule has 8 heteroatoms. The summed E-state index contributed by atoms with van der Waals surface area (Å²) in [5.74, 6) is 0.974. The molecule has 0 radical (unpaired) electrons. The molecular formula is C20H25N7O. The highest BCUT2D eigenvalue weighted by Crippen LogP contribution is 2.31.